The third-order valence-corrected chi connectivity index (χ3v) is 7.62. The molecule has 1 aromatic heterocycles. The van der Waals surface area contributed by atoms with Gasteiger partial charge in [-0.3, -0.25) is 4.79 Å². The zero-order valence-electron chi connectivity index (χ0n) is 23.5. The van der Waals surface area contributed by atoms with Gasteiger partial charge in [0.25, 0.3) is 0 Å². The van der Waals surface area contributed by atoms with Gasteiger partial charge in [-0.05, 0) is 36.8 Å². The highest BCUT2D eigenvalue weighted by Crippen LogP contribution is 2.38. The average Bonchev–Trinajstić information content (AvgIpc) is 3.02. The molecule has 3 aromatic rings. The van der Waals surface area contributed by atoms with Crippen molar-refractivity contribution in [2.24, 2.45) is 0 Å². The summed E-state index contributed by atoms with van der Waals surface area (Å²) in [6, 6.07) is 9.79. The van der Waals surface area contributed by atoms with Crippen molar-refractivity contribution in [3.8, 4) is 28.4 Å². The molecule has 3 heterocycles. The molecule has 6 N–H and O–H groups in total. The molecular weight excluding hydrogens is 572 g/mol. The zero-order chi connectivity index (χ0) is 31.0. The molecule has 10 atom stereocenters. The molecule has 2 aromatic carbocycles. The second-order valence-electron chi connectivity index (χ2n) is 10.3. The highest BCUT2D eigenvalue weighted by Gasteiger charge is 2.47. The first-order valence-electron chi connectivity index (χ1n) is 13.5. The Morgan fingerprint density at radius 2 is 1.44 bits per heavy atom. The van der Waals surface area contributed by atoms with Crippen molar-refractivity contribution in [2.75, 3.05) is 20.8 Å². The lowest BCUT2D eigenvalue weighted by atomic mass is 9.98. The van der Waals surface area contributed by atoms with Crippen LogP contribution in [0.2, 0.25) is 0 Å². The van der Waals surface area contributed by atoms with Gasteiger partial charge in [-0.1, -0.05) is 12.1 Å². The summed E-state index contributed by atoms with van der Waals surface area (Å²) in [6.07, 6.45) is -13.6. The van der Waals surface area contributed by atoms with E-state index in [1.165, 1.54) is 39.5 Å². The van der Waals surface area contributed by atoms with Crippen LogP contribution in [0.15, 0.2) is 51.9 Å². The van der Waals surface area contributed by atoms with Gasteiger partial charge in [-0.2, -0.15) is 0 Å². The SMILES string of the molecule is COc1ccc(-c2coc3c(O[C@@H]4O[C@H](CO[C@@H]5O[C@@H](C)[C@@H](O)[C@@H](O)[C@H]5O)[C@@H](O)[C@H](O)[C@H]4O)c(OC)ccc3c2=O)cc1. The molecule has 0 aliphatic carbocycles. The third kappa shape index (κ3) is 5.93. The lowest BCUT2D eigenvalue weighted by Crippen LogP contribution is -2.61. The fourth-order valence-corrected chi connectivity index (χ4v) is 5.01. The Morgan fingerprint density at radius 3 is 2.12 bits per heavy atom. The van der Waals surface area contributed by atoms with E-state index >= 15 is 0 Å². The predicted octanol–water partition coefficient (Wildman–Crippen LogP) is -0.492. The van der Waals surface area contributed by atoms with Crippen LogP contribution in [-0.2, 0) is 14.2 Å². The monoisotopic (exact) mass is 606 g/mol. The zero-order valence-corrected chi connectivity index (χ0v) is 23.5. The summed E-state index contributed by atoms with van der Waals surface area (Å²) in [5, 5.41) is 62.1. The summed E-state index contributed by atoms with van der Waals surface area (Å²) in [5.74, 6) is 0.629. The van der Waals surface area contributed by atoms with E-state index < -0.39 is 68.0 Å². The first kappa shape index (κ1) is 31.1. The molecular formula is C29H34O14. The minimum absolute atomic E-state index is 0.0221. The Labute approximate surface area is 245 Å². The van der Waals surface area contributed by atoms with Crippen LogP contribution in [0.1, 0.15) is 6.92 Å². The topological polar surface area (TPSA) is 207 Å². The molecule has 2 aliphatic heterocycles. The van der Waals surface area contributed by atoms with Gasteiger partial charge in [0, 0.05) is 0 Å². The Hall–Kier alpha value is -3.31. The van der Waals surface area contributed by atoms with Crippen molar-refractivity contribution in [3.63, 3.8) is 0 Å². The number of hydrogen-bond donors (Lipinski definition) is 6. The number of benzene rings is 2. The van der Waals surface area contributed by atoms with Crippen molar-refractivity contribution < 1.29 is 63.5 Å². The highest BCUT2D eigenvalue weighted by atomic mass is 16.7. The summed E-state index contributed by atoms with van der Waals surface area (Å²) in [5.41, 5.74) is 0.462. The van der Waals surface area contributed by atoms with E-state index in [-0.39, 0.29) is 33.5 Å². The van der Waals surface area contributed by atoms with Gasteiger partial charge in [0.05, 0.1) is 37.9 Å². The number of rotatable bonds is 8. The van der Waals surface area contributed by atoms with Crippen LogP contribution in [0, 0.1) is 0 Å². The van der Waals surface area contributed by atoms with Gasteiger partial charge >= 0.3 is 0 Å². The number of ether oxygens (including phenoxy) is 6. The van der Waals surface area contributed by atoms with E-state index in [1.807, 2.05) is 0 Å². The predicted molar refractivity (Wildman–Crippen MR) is 147 cm³/mol. The summed E-state index contributed by atoms with van der Waals surface area (Å²) < 4.78 is 38.9. The fraction of sp³-hybridized carbons (Fsp3) is 0.483. The molecule has 0 spiro atoms. The van der Waals surface area contributed by atoms with Crippen molar-refractivity contribution in [3.05, 3.63) is 52.9 Å². The van der Waals surface area contributed by atoms with Crippen LogP contribution in [-0.4, -0.2) is 113 Å². The molecule has 0 amide bonds. The first-order valence-corrected chi connectivity index (χ1v) is 13.5. The number of aliphatic hydroxyl groups excluding tert-OH is 6. The molecule has 2 saturated heterocycles. The number of fused-ring (bicyclic) bond motifs is 1. The van der Waals surface area contributed by atoms with Gasteiger partial charge in [0.1, 0.15) is 54.7 Å². The number of aliphatic hydroxyl groups is 6. The van der Waals surface area contributed by atoms with E-state index in [0.717, 1.165) is 0 Å². The Balaban J connectivity index is 1.40. The van der Waals surface area contributed by atoms with E-state index in [9.17, 15) is 35.4 Å². The van der Waals surface area contributed by atoms with Gasteiger partial charge in [0.15, 0.2) is 17.6 Å². The minimum Gasteiger partial charge on any atom is -0.497 e. The summed E-state index contributed by atoms with van der Waals surface area (Å²) in [6.45, 7) is 0.997. The maximum atomic E-state index is 13.4. The molecule has 0 bridgehead atoms. The Bertz CT molecular complexity index is 1460. The first-order chi connectivity index (χ1) is 20.5. The van der Waals surface area contributed by atoms with Gasteiger partial charge in [0.2, 0.25) is 17.5 Å². The summed E-state index contributed by atoms with van der Waals surface area (Å²) in [7, 11) is 2.89. The lowest BCUT2D eigenvalue weighted by molar-refractivity contribution is -0.318. The summed E-state index contributed by atoms with van der Waals surface area (Å²) >= 11 is 0. The average molecular weight is 607 g/mol. The standard InChI is InChI=1S/C29H34O14/c1-12-19(30)22(33)24(35)28(41-12)40-11-18-21(32)23(34)25(36)29(42-18)43-27-17(38-3)9-8-15-20(31)16(10-39-26(15)27)13-4-6-14(37-2)7-5-13/h4-10,12,18-19,21-25,28-30,32-36H,11H2,1-3H3/t12-,18+,19+,21+,22+,23-,24+,25+,28+,29-/m0/s1. The second kappa shape index (κ2) is 12.7. The van der Waals surface area contributed by atoms with Crippen LogP contribution in [0.25, 0.3) is 22.1 Å². The molecule has 234 valence electrons. The van der Waals surface area contributed by atoms with Gasteiger partial charge in [-0.15, -0.1) is 0 Å². The fourth-order valence-electron chi connectivity index (χ4n) is 5.01. The van der Waals surface area contributed by atoms with Crippen LogP contribution in [0.5, 0.6) is 17.2 Å². The van der Waals surface area contributed by atoms with Gasteiger partial charge in [-0.25, -0.2) is 0 Å². The number of methoxy groups -OCH3 is 2. The molecule has 14 nitrogen and oxygen atoms in total. The lowest BCUT2D eigenvalue weighted by Gasteiger charge is -2.42. The van der Waals surface area contributed by atoms with Crippen LogP contribution in [0.4, 0.5) is 0 Å². The highest BCUT2D eigenvalue weighted by molar-refractivity contribution is 5.88. The molecule has 0 saturated carbocycles. The van der Waals surface area contributed by atoms with Crippen molar-refractivity contribution in [1.82, 2.24) is 0 Å². The van der Waals surface area contributed by atoms with E-state index in [1.54, 1.807) is 24.3 Å². The largest absolute Gasteiger partial charge is 0.497 e. The van der Waals surface area contributed by atoms with Crippen molar-refractivity contribution in [2.45, 2.75) is 68.3 Å². The normalized spacial score (nSPS) is 32.9. The summed E-state index contributed by atoms with van der Waals surface area (Å²) in [4.78, 5) is 13.4. The Kier molecular flexibility index (Phi) is 9.22. The van der Waals surface area contributed by atoms with Crippen LogP contribution >= 0.6 is 0 Å². The molecule has 2 aliphatic rings. The Morgan fingerprint density at radius 1 is 0.767 bits per heavy atom. The smallest absolute Gasteiger partial charge is 0.229 e. The van der Waals surface area contributed by atoms with E-state index in [0.29, 0.717) is 11.3 Å². The third-order valence-electron chi connectivity index (χ3n) is 7.62. The molecule has 2 fully saturated rings. The minimum atomic E-state index is -1.76. The molecule has 5 rings (SSSR count). The maximum absolute atomic E-state index is 13.4. The maximum Gasteiger partial charge on any atom is 0.229 e. The van der Waals surface area contributed by atoms with Crippen molar-refractivity contribution >= 4 is 11.0 Å². The quantitative estimate of drug-likeness (QED) is 0.191. The number of hydrogen-bond acceptors (Lipinski definition) is 14. The molecule has 14 heteroatoms. The van der Waals surface area contributed by atoms with Crippen molar-refractivity contribution in [1.29, 1.82) is 0 Å². The van der Waals surface area contributed by atoms with E-state index in [4.69, 9.17) is 32.8 Å². The second-order valence-corrected chi connectivity index (χ2v) is 10.3. The molecule has 0 unspecified atom stereocenters. The van der Waals surface area contributed by atoms with Crippen LogP contribution < -0.4 is 19.6 Å². The van der Waals surface area contributed by atoms with E-state index in [2.05, 4.69) is 0 Å². The van der Waals surface area contributed by atoms with Crippen LogP contribution in [0.3, 0.4) is 0 Å². The molecule has 0 radical (unpaired) electrons. The van der Waals surface area contributed by atoms with Gasteiger partial charge < -0.3 is 63.5 Å². The molecule has 43 heavy (non-hydrogen) atoms.